The van der Waals surface area contributed by atoms with Gasteiger partial charge in [0, 0.05) is 31.7 Å². The van der Waals surface area contributed by atoms with Gasteiger partial charge in [0.05, 0.1) is 11.3 Å². The van der Waals surface area contributed by atoms with E-state index in [9.17, 15) is 18.0 Å². The van der Waals surface area contributed by atoms with E-state index in [1.165, 1.54) is 6.07 Å². The van der Waals surface area contributed by atoms with E-state index >= 15 is 0 Å². The Morgan fingerprint density at radius 2 is 1.76 bits per heavy atom. The summed E-state index contributed by atoms with van der Waals surface area (Å²) in [5.74, 6) is 2.32. The Hall–Kier alpha value is -2.36. The molecule has 0 aliphatic carbocycles. The summed E-state index contributed by atoms with van der Waals surface area (Å²) in [7, 11) is 0. The molecule has 1 aromatic carbocycles. The van der Waals surface area contributed by atoms with E-state index in [0.717, 1.165) is 12.1 Å². The number of rotatable bonds is 1. The maximum Gasteiger partial charge on any atom is 0.416 e. The Morgan fingerprint density at radius 3 is 2.24 bits per heavy atom. The molecule has 1 amide bonds. The van der Waals surface area contributed by atoms with Gasteiger partial charge in [-0.25, -0.2) is 4.79 Å². The Balaban J connectivity index is 2.08. The smallest absolute Gasteiger partial charge is 0.416 e. The van der Waals surface area contributed by atoms with Crippen molar-refractivity contribution in [2.45, 2.75) is 32.5 Å². The number of ether oxygens (including phenoxy) is 1. The summed E-state index contributed by atoms with van der Waals surface area (Å²) in [5.41, 5.74) is -0.574. The molecule has 1 heterocycles. The van der Waals surface area contributed by atoms with E-state index in [-0.39, 0.29) is 5.56 Å². The lowest BCUT2D eigenvalue weighted by Crippen LogP contribution is -2.50. The lowest BCUT2D eigenvalue weighted by molar-refractivity contribution is -0.137. The SMILES string of the molecule is C#Cc1cc(C(F)(F)F)ccc1N1CCN(C(=O)OC(C)(C)C)CC1. The van der Waals surface area contributed by atoms with Gasteiger partial charge in [0.15, 0.2) is 0 Å². The van der Waals surface area contributed by atoms with E-state index < -0.39 is 23.4 Å². The summed E-state index contributed by atoms with van der Waals surface area (Å²) in [6.45, 7) is 7.16. The zero-order chi connectivity index (χ0) is 18.8. The molecule has 7 heteroatoms. The summed E-state index contributed by atoms with van der Waals surface area (Å²) in [5, 5.41) is 0. The number of anilines is 1. The number of nitrogens with zero attached hydrogens (tertiary/aromatic N) is 2. The predicted octanol–water partition coefficient (Wildman–Crippen LogP) is 3.74. The van der Waals surface area contributed by atoms with Crippen LogP contribution in [0.1, 0.15) is 31.9 Å². The van der Waals surface area contributed by atoms with E-state index in [2.05, 4.69) is 5.92 Å². The highest BCUT2D eigenvalue weighted by atomic mass is 19.4. The summed E-state index contributed by atoms with van der Waals surface area (Å²) in [6.07, 6.45) is 0.563. The predicted molar refractivity (Wildman–Crippen MR) is 89.4 cm³/mol. The van der Waals surface area contributed by atoms with Crippen molar-refractivity contribution in [2.75, 3.05) is 31.1 Å². The van der Waals surface area contributed by atoms with Crippen LogP contribution < -0.4 is 4.90 Å². The standard InChI is InChI=1S/C18H21F3N2O2/c1-5-13-12-14(18(19,20)21)6-7-15(13)22-8-10-23(11-9-22)16(24)25-17(2,3)4/h1,6-7,12H,8-11H2,2-4H3. The van der Waals surface area contributed by atoms with E-state index in [0.29, 0.717) is 31.9 Å². The third-order valence-corrected chi connectivity index (χ3v) is 3.75. The van der Waals surface area contributed by atoms with Crippen LogP contribution in [0.15, 0.2) is 18.2 Å². The lowest BCUT2D eigenvalue weighted by Gasteiger charge is -2.37. The van der Waals surface area contributed by atoms with Gasteiger partial charge in [-0.15, -0.1) is 6.42 Å². The fourth-order valence-corrected chi connectivity index (χ4v) is 2.56. The van der Waals surface area contributed by atoms with Crippen LogP contribution in [0, 0.1) is 12.3 Å². The number of halogens is 3. The van der Waals surface area contributed by atoms with Crippen molar-refractivity contribution in [1.82, 2.24) is 4.90 Å². The van der Waals surface area contributed by atoms with Crippen molar-refractivity contribution in [2.24, 2.45) is 0 Å². The molecule has 1 aliphatic rings. The Bertz CT molecular complexity index is 679. The molecule has 0 N–H and O–H groups in total. The molecular formula is C18H21F3N2O2. The zero-order valence-corrected chi connectivity index (χ0v) is 14.5. The number of hydrogen-bond donors (Lipinski definition) is 0. The van der Waals surface area contributed by atoms with Crippen LogP contribution in [-0.4, -0.2) is 42.8 Å². The average molecular weight is 354 g/mol. The highest BCUT2D eigenvalue weighted by Crippen LogP contribution is 2.33. The number of carbonyl (C=O) groups is 1. The lowest BCUT2D eigenvalue weighted by atomic mass is 10.1. The summed E-state index contributed by atoms with van der Waals surface area (Å²) < 4.78 is 43.8. The summed E-state index contributed by atoms with van der Waals surface area (Å²) >= 11 is 0. The van der Waals surface area contributed by atoms with Gasteiger partial charge in [-0.3, -0.25) is 0 Å². The quantitative estimate of drug-likeness (QED) is 0.720. The molecular weight excluding hydrogens is 333 g/mol. The minimum atomic E-state index is -4.43. The molecule has 0 spiro atoms. The number of amides is 1. The summed E-state index contributed by atoms with van der Waals surface area (Å²) in [6, 6.07) is 3.40. The van der Waals surface area contributed by atoms with Crippen molar-refractivity contribution in [3.63, 3.8) is 0 Å². The van der Waals surface area contributed by atoms with Crippen molar-refractivity contribution < 1.29 is 22.7 Å². The molecule has 1 aliphatic heterocycles. The van der Waals surface area contributed by atoms with Gasteiger partial charge in [0.2, 0.25) is 0 Å². The second-order valence-corrected chi connectivity index (χ2v) is 6.83. The number of terminal acetylenes is 1. The number of benzene rings is 1. The van der Waals surface area contributed by atoms with Gasteiger partial charge in [-0.2, -0.15) is 13.2 Å². The van der Waals surface area contributed by atoms with Crippen LogP contribution in [0.3, 0.4) is 0 Å². The monoisotopic (exact) mass is 354 g/mol. The second kappa shape index (κ2) is 6.87. The van der Waals surface area contributed by atoms with E-state index in [1.807, 2.05) is 4.90 Å². The van der Waals surface area contributed by atoms with E-state index in [1.54, 1.807) is 25.7 Å². The third-order valence-electron chi connectivity index (χ3n) is 3.75. The fraction of sp³-hybridized carbons (Fsp3) is 0.500. The van der Waals surface area contributed by atoms with Crippen molar-refractivity contribution in [3.8, 4) is 12.3 Å². The Morgan fingerprint density at radius 1 is 1.16 bits per heavy atom. The van der Waals surface area contributed by atoms with Gasteiger partial charge in [-0.05, 0) is 39.0 Å². The number of carbonyl (C=O) groups excluding carboxylic acids is 1. The van der Waals surface area contributed by atoms with Crippen molar-refractivity contribution in [3.05, 3.63) is 29.3 Å². The van der Waals surface area contributed by atoms with Crippen LogP contribution in [0.2, 0.25) is 0 Å². The number of hydrogen-bond acceptors (Lipinski definition) is 3. The molecule has 136 valence electrons. The van der Waals surface area contributed by atoms with Crippen LogP contribution >= 0.6 is 0 Å². The van der Waals surface area contributed by atoms with E-state index in [4.69, 9.17) is 11.2 Å². The second-order valence-electron chi connectivity index (χ2n) is 6.83. The van der Waals surface area contributed by atoms with Crippen LogP contribution in [-0.2, 0) is 10.9 Å². The first kappa shape index (κ1) is 19.0. The maximum atomic E-state index is 12.8. The number of alkyl halides is 3. The highest BCUT2D eigenvalue weighted by molar-refractivity contribution is 5.69. The van der Waals surface area contributed by atoms with Crippen LogP contribution in [0.4, 0.5) is 23.7 Å². The molecule has 0 radical (unpaired) electrons. The van der Waals surface area contributed by atoms with Gasteiger partial charge in [0.25, 0.3) is 0 Å². The third kappa shape index (κ3) is 4.81. The first-order chi connectivity index (χ1) is 11.5. The molecule has 0 atom stereocenters. The van der Waals surface area contributed by atoms with Crippen LogP contribution in [0.25, 0.3) is 0 Å². The van der Waals surface area contributed by atoms with Gasteiger partial charge in [0.1, 0.15) is 5.60 Å². The molecule has 4 nitrogen and oxygen atoms in total. The molecule has 0 aromatic heterocycles. The highest BCUT2D eigenvalue weighted by Gasteiger charge is 2.32. The zero-order valence-electron chi connectivity index (χ0n) is 14.5. The first-order valence-electron chi connectivity index (χ1n) is 7.92. The molecule has 1 aromatic rings. The molecule has 25 heavy (non-hydrogen) atoms. The minimum absolute atomic E-state index is 0.195. The van der Waals surface area contributed by atoms with Crippen LogP contribution in [0.5, 0.6) is 0 Å². The first-order valence-corrected chi connectivity index (χ1v) is 7.92. The van der Waals surface area contributed by atoms with Crippen molar-refractivity contribution in [1.29, 1.82) is 0 Å². The molecule has 1 fully saturated rings. The fourth-order valence-electron chi connectivity index (χ4n) is 2.56. The summed E-state index contributed by atoms with van der Waals surface area (Å²) in [4.78, 5) is 15.5. The minimum Gasteiger partial charge on any atom is -0.444 e. The molecule has 0 unspecified atom stereocenters. The number of piperazine rings is 1. The largest absolute Gasteiger partial charge is 0.444 e. The molecule has 0 saturated carbocycles. The Labute approximate surface area is 145 Å². The normalized spacial score (nSPS) is 15.7. The topological polar surface area (TPSA) is 32.8 Å². The molecule has 2 rings (SSSR count). The molecule has 1 saturated heterocycles. The average Bonchev–Trinajstić information content (AvgIpc) is 2.52. The Kier molecular flexibility index (Phi) is 5.21. The van der Waals surface area contributed by atoms with Crippen molar-refractivity contribution >= 4 is 11.8 Å². The van der Waals surface area contributed by atoms with Gasteiger partial charge in [-0.1, -0.05) is 5.92 Å². The molecule has 0 bridgehead atoms. The van der Waals surface area contributed by atoms with Gasteiger partial charge < -0.3 is 14.5 Å². The van der Waals surface area contributed by atoms with Gasteiger partial charge >= 0.3 is 12.3 Å². The maximum absolute atomic E-state index is 12.8.